The van der Waals surface area contributed by atoms with E-state index in [4.69, 9.17) is 0 Å². The van der Waals surface area contributed by atoms with Crippen LogP contribution in [-0.4, -0.2) is 42.4 Å². The Bertz CT molecular complexity index is 792. The Balaban J connectivity index is 1.91. The third kappa shape index (κ3) is 7.02. The molecule has 2 N–H and O–H groups in total. The topological polar surface area (TPSA) is 61.4 Å². The lowest BCUT2D eigenvalue weighted by molar-refractivity contribution is -0.127. The maximum absolute atomic E-state index is 12.7. The van der Waals surface area contributed by atoms with Crippen molar-refractivity contribution in [3.05, 3.63) is 65.7 Å². The highest BCUT2D eigenvalue weighted by molar-refractivity contribution is 5.93. The summed E-state index contributed by atoms with van der Waals surface area (Å²) in [4.78, 5) is 27.2. The fourth-order valence-corrected chi connectivity index (χ4v) is 3.25. The van der Waals surface area contributed by atoms with Gasteiger partial charge < -0.3 is 10.6 Å². The number of anilines is 1. The van der Waals surface area contributed by atoms with E-state index in [-0.39, 0.29) is 30.3 Å². The van der Waals surface area contributed by atoms with Gasteiger partial charge in [0.2, 0.25) is 11.8 Å². The van der Waals surface area contributed by atoms with Gasteiger partial charge >= 0.3 is 0 Å². The van der Waals surface area contributed by atoms with Gasteiger partial charge in [0, 0.05) is 12.2 Å². The molecule has 2 aromatic rings. The molecular formula is C24H33N3O2. The molecule has 2 amide bonds. The highest BCUT2D eigenvalue weighted by atomic mass is 16.2. The molecule has 0 aliphatic carbocycles. The quantitative estimate of drug-likeness (QED) is 0.640. The van der Waals surface area contributed by atoms with Crippen LogP contribution in [0.15, 0.2) is 54.6 Å². The van der Waals surface area contributed by atoms with Gasteiger partial charge in [-0.2, -0.15) is 0 Å². The first kappa shape index (κ1) is 22.6. The van der Waals surface area contributed by atoms with Crippen molar-refractivity contribution in [1.29, 1.82) is 0 Å². The van der Waals surface area contributed by atoms with Gasteiger partial charge in [0.1, 0.15) is 0 Å². The van der Waals surface area contributed by atoms with Gasteiger partial charge in [-0.3, -0.25) is 14.5 Å². The second kappa shape index (κ2) is 11.4. The zero-order valence-corrected chi connectivity index (χ0v) is 17.9. The molecule has 29 heavy (non-hydrogen) atoms. The largest absolute Gasteiger partial charge is 0.354 e. The first-order chi connectivity index (χ1) is 13.9. The number of nitrogens with one attached hydrogen (secondary N) is 2. The Labute approximate surface area is 174 Å². The van der Waals surface area contributed by atoms with E-state index in [0.717, 1.165) is 17.7 Å². The van der Waals surface area contributed by atoms with Crippen molar-refractivity contribution >= 4 is 17.5 Å². The predicted octanol–water partition coefficient (Wildman–Crippen LogP) is 3.95. The second-order valence-corrected chi connectivity index (χ2v) is 7.57. The second-order valence-electron chi connectivity index (χ2n) is 7.57. The average molecular weight is 396 g/mol. The molecule has 0 saturated carbocycles. The van der Waals surface area contributed by atoms with Crippen LogP contribution in [0.1, 0.15) is 44.2 Å². The lowest BCUT2D eigenvalue weighted by atomic mass is 10.0. The number of benzene rings is 2. The van der Waals surface area contributed by atoms with Crippen LogP contribution in [0.4, 0.5) is 5.69 Å². The number of hydrogen-bond acceptors (Lipinski definition) is 3. The number of carbonyl (C=O) groups excluding carboxylic acids is 2. The third-order valence-corrected chi connectivity index (χ3v) is 5.15. The van der Waals surface area contributed by atoms with Crippen LogP contribution in [0.5, 0.6) is 0 Å². The minimum atomic E-state index is -0.374. The van der Waals surface area contributed by atoms with Crippen molar-refractivity contribution in [3.8, 4) is 0 Å². The van der Waals surface area contributed by atoms with Crippen LogP contribution < -0.4 is 10.6 Å². The van der Waals surface area contributed by atoms with Crippen molar-refractivity contribution in [2.45, 2.75) is 46.1 Å². The number of amides is 2. The molecular weight excluding hydrogens is 362 g/mol. The molecule has 0 aliphatic rings. The molecule has 0 bridgehead atoms. The molecule has 2 aromatic carbocycles. The van der Waals surface area contributed by atoms with Crippen molar-refractivity contribution in [3.63, 3.8) is 0 Å². The van der Waals surface area contributed by atoms with Crippen molar-refractivity contribution < 1.29 is 9.59 Å². The number of aryl methyl sites for hydroxylation is 1. The summed E-state index contributed by atoms with van der Waals surface area (Å²) in [6.07, 6.45) is 0.871. The number of carbonyl (C=O) groups is 2. The van der Waals surface area contributed by atoms with E-state index in [1.807, 2.05) is 68.1 Å². The normalized spacial score (nSPS) is 13.0. The molecule has 0 aliphatic heterocycles. The lowest BCUT2D eigenvalue weighted by Crippen LogP contribution is -2.48. The number of rotatable bonds is 10. The summed E-state index contributed by atoms with van der Waals surface area (Å²) in [7, 11) is 0. The number of para-hydroxylation sites is 1. The lowest BCUT2D eigenvalue weighted by Gasteiger charge is -2.28. The summed E-state index contributed by atoms with van der Waals surface area (Å²) in [6.45, 7) is 9.41. The van der Waals surface area contributed by atoms with Gasteiger partial charge in [0.15, 0.2) is 0 Å². The first-order valence-corrected chi connectivity index (χ1v) is 10.3. The fraction of sp³-hybridized carbons (Fsp3) is 0.417. The van der Waals surface area contributed by atoms with Crippen molar-refractivity contribution in [1.82, 2.24) is 10.2 Å². The SMILES string of the molecule is CCCN(CC(=O)Nc1ccccc1C)C(C)C(=O)NCC(C)c1ccccc1. The summed E-state index contributed by atoms with van der Waals surface area (Å²) < 4.78 is 0. The zero-order valence-electron chi connectivity index (χ0n) is 17.9. The average Bonchev–Trinajstić information content (AvgIpc) is 2.73. The monoisotopic (exact) mass is 395 g/mol. The highest BCUT2D eigenvalue weighted by Gasteiger charge is 2.23. The van der Waals surface area contributed by atoms with Crippen molar-refractivity contribution in [2.75, 3.05) is 25.0 Å². The first-order valence-electron chi connectivity index (χ1n) is 10.3. The Morgan fingerprint density at radius 2 is 1.66 bits per heavy atom. The molecule has 0 fully saturated rings. The Morgan fingerprint density at radius 3 is 2.31 bits per heavy atom. The van der Waals surface area contributed by atoms with E-state index in [0.29, 0.717) is 13.1 Å². The highest BCUT2D eigenvalue weighted by Crippen LogP contribution is 2.14. The van der Waals surface area contributed by atoms with E-state index in [9.17, 15) is 9.59 Å². The smallest absolute Gasteiger partial charge is 0.238 e. The summed E-state index contributed by atoms with van der Waals surface area (Å²) in [5.74, 6) is 0.0753. The van der Waals surface area contributed by atoms with Crippen LogP contribution >= 0.6 is 0 Å². The summed E-state index contributed by atoms with van der Waals surface area (Å²) in [5, 5.41) is 5.99. The Kier molecular flexibility index (Phi) is 8.87. The standard InChI is InChI=1S/C24H33N3O2/c1-5-15-27(17-23(28)26-22-14-10-9-11-18(22)2)20(4)24(29)25-16-19(3)21-12-7-6-8-13-21/h6-14,19-20H,5,15-17H2,1-4H3,(H,25,29)(H,26,28). The summed E-state index contributed by atoms with van der Waals surface area (Å²) in [5.41, 5.74) is 3.02. The Hall–Kier alpha value is -2.66. The van der Waals surface area contributed by atoms with Gasteiger partial charge in [-0.15, -0.1) is 0 Å². The van der Waals surface area contributed by atoms with Crippen LogP contribution in [-0.2, 0) is 9.59 Å². The van der Waals surface area contributed by atoms with Crippen LogP contribution in [0.3, 0.4) is 0 Å². The maximum Gasteiger partial charge on any atom is 0.238 e. The molecule has 2 unspecified atom stereocenters. The zero-order chi connectivity index (χ0) is 21.2. The third-order valence-electron chi connectivity index (χ3n) is 5.15. The van der Waals surface area contributed by atoms with Gasteiger partial charge in [0.25, 0.3) is 0 Å². The van der Waals surface area contributed by atoms with Crippen molar-refractivity contribution in [2.24, 2.45) is 0 Å². The van der Waals surface area contributed by atoms with Crippen LogP contribution in [0, 0.1) is 6.92 Å². The maximum atomic E-state index is 12.7. The predicted molar refractivity (Wildman–Crippen MR) is 119 cm³/mol. The van der Waals surface area contributed by atoms with Crippen LogP contribution in [0.2, 0.25) is 0 Å². The van der Waals surface area contributed by atoms with E-state index in [2.05, 4.69) is 29.7 Å². The molecule has 5 heteroatoms. The molecule has 5 nitrogen and oxygen atoms in total. The van der Waals surface area contributed by atoms with E-state index in [1.165, 1.54) is 5.56 Å². The number of nitrogens with zero attached hydrogens (tertiary/aromatic N) is 1. The van der Waals surface area contributed by atoms with Gasteiger partial charge in [0.05, 0.1) is 12.6 Å². The summed E-state index contributed by atoms with van der Waals surface area (Å²) in [6, 6.07) is 17.5. The van der Waals surface area contributed by atoms with E-state index < -0.39 is 0 Å². The molecule has 0 radical (unpaired) electrons. The minimum Gasteiger partial charge on any atom is -0.354 e. The molecule has 0 aromatic heterocycles. The summed E-state index contributed by atoms with van der Waals surface area (Å²) >= 11 is 0. The fourth-order valence-electron chi connectivity index (χ4n) is 3.25. The van der Waals surface area contributed by atoms with E-state index >= 15 is 0 Å². The molecule has 0 saturated heterocycles. The molecule has 2 atom stereocenters. The Morgan fingerprint density at radius 1 is 1.00 bits per heavy atom. The molecule has 0 heterocycles. The number of hydrogen-bond donors (Lipinski definition) is 2. The molecule has 156 valence electrons. The molecule has 2 rings (SSSR count). The minimum absolute atomic E-state index is 0.0510. The van der Waals surface area contributed by atoms with Gasteiger partial charge in [-0.1, -0.05) is 62.4 Å². The van der Waals surface area contributed by atoms with E-state index in [1.54, 1.807) is 0 Å². The molecule has 0 spiro atoms. The van der Waals surface area contributed by atoms with Gasteiger partial charge in [-0.05, 0) is 49.9 Å². The van der Waals surface area contributed by atoms with Crippen LogP contribution in [0.25, 0.3) is 0 Å². The van der Waals surface area contributed by atoms with Gasteiger partial charge in [-0.25, -0.2) is 0 Å².